The number of carbonyl (C=O) groups excluding carboxylic acids is 1. The molecule has 0 bridgehead atoms. The molecule has 0 amide bonds. The van der Waals surface area contributed by atoms with E-state index in [1.807, 2.05) is 0 Å². The summed E-state index contributed by atoms with van der Waals surface area (Å²) in [7, 11) is -1.63. The number of unbranched alkanes of at least 4 members (excludes halogenated alkanes) is 1. The zero-order valence-corrected chi connectivity index (χ0v) is 20.0. The van der Waals surface area contributed by atoms with Crippen molar-refractivity contribution in [3.8, 4) is 0 Å². The summed E-state index contributed by atoms with van der Waals surface area (Å²) in [6.07, 6.45) is 14.9. The van der Waals surface area contributed by atoms with E-state index >= 15 is 0 Å². The lowest BCUT2D eigenvalue weighted by Crippen LogP contribution is -2.56. The minimum absolute atomic E-state index is 0.0248. The van der Waals surface area contributed by atoms with Gasteiger partial charge in [0, 0.05) is 17.3 Å². The Morgan fingerprint density at radius 2 is 1.93 bits per heavy atom. The van der Waals surface area contributed by atoms with Crippen LogP contribution in [0.4, 0.5) is 0 Å². The highest BCUT2D eigenvalue weighted by Gasteiger charge is 2.60. The number of hydrogen-bond acceptors (Lipinski definition) is 2. The second kappa shape index (κ2) is 7.37. The van der Waals surface area contributed by atoms with Gasteiger partial charge in [0.1, 0.15) is 5.78 Å². The highest BCUT2D eigenvalue weighted by atomic mass is 28.4. The number of hydrogen-bond donors (Lipinski definition) is 0. The molecule has 28 heavy (non-hydrogen) atoms. The Balaban J connectivity index is 1.62. The standard InChI is InChI=1S/C25H42O2Si/c1-6-7-17-28(4,5)27-23-10-8-9-18-11-12-19-20-13-14-22(26)24(20,2)16-15-21(19)25(18,23)3/h11,19-21,23H,6-10,12-17H2,1-5H3/t19-,20-,21-,23?,24-,25-/m0/s1. The Morgan fingerprint density at radius 1 is 1.14 bits per heavy atom. The van der Waals surface area contributed by atoms with E-state index in [0.717, 1.165) is 25.2 Å². The molecule has 0 aromatic carbocycles. The van der Waals surface area contributed by atoms with Crippen molar-refractivity contribution in [2.45, 2.75) is 110 Å². The second-order valence-corrected chi connectivity index (χ2v) is 15.7. The summed E-state index contributed by atoms with van der Waals surface area (Å²) < 4.78 is 7.09. The predicted octanol–water partition coefficient (Wildman–Crippen LogP) is 6.91. The molecule has 3 heteroatoms. The van der Waals surface area contributed by atoms with Crippen LogP contribution in [-0.2, 0) is 9.22 Å². The molecule has 0 radical (unpaired) electrons. The topological polar surface area (TPSA) is 26.3 Å². The average Bonchev–Trinajstić information content (AvgIpc) is 2.96. The SMILES string of the molecule is CCCC[Si](C)(C)OC1CCCC2=CC[C@H]3[C@@H]4CCC(=O)[C@@]4(C)CC[C@@H]3[C@]21C. The summed E-state index contributed by atoms with van der Waals surface area (Å²) in [5.74, 6) is 2.59. The van der Waals surface area contributed by atoms with E-state index < -0.39 is 8.32 Å². The zero-order valence-electron chi connectivity index (χ0n) is 19.0. The molecule has 1 unspecified atom stereocenters. The summed E-state index contributed by atoms with van der Waals surface area (Å²) in [5.41, 5.74) is 1.89. The molecule has 0 aromatic rings. The lowest BCUT2D eigenvalue weighted by Gasteiger charge is -2.59. The van der Waals surface area contributed by atoms with Crippen molar-refractivity contribution < 1.29 is 9.22 Å². The van der Waals surface area contributed by atoms with Gasteiger partial charge in [-0.3, -0.25) is 4.79 Å². The fourth-order valence-electron chi connectivity index (χ4n) is 7.69. The van der Waals surface area contributed by atoms with Gasteiger partial charge in [-0.15, -0.1) is 0 Å². The molecule has 6 atom stereocenters. The molecule has 0 spiro atoms. The van der Waals surface area contributed by atoms with Gasteiger partial charge < -0.3 is 4.43 Å². The van der Waals surface area contributed by atoms with Crippen molar-refractivity contribution >= 4 is 14.1 Å². The molecule has 0 heterocycles. The highest BCUT2D eigenvalue weighted by molar-refractivity contribution is 6.71. The Kier molecular flexibility index (Phi) is 5.49. The first-order chi connectivity index (χ1) is 13.2. The Bertz CT molecular complexity index is 653. The van der Waals surface area contributed by atoms with Gasteiger partial charge in [-0.05, 0) is 81.8 Å². The van der Waals surface area contributed by atoms with Crippen LogP contribution in [0.3, 0.4) is 0 Å². The van der Waals surface area contributed by atoms with Gasteiger partial charge in [-0.1, -0.05) is 45.3 Å². The van der Waals surface area contributed by atoms with Gasteiger partial charge >= 0.3 is 0 Å². The molecule has 3 saturated carbocycles. The largest absolute Gasteiger partial charge is 0.414 e. The van der Waals surface area contributed by atoms with Crippen molar-refractivity contribution in [2.75, 3.05) is 0 Å². The maximum absolute atomic E-state index is 12.7. The molecule has 0 aromatic heterocycles. The van der Waals surface area contributed by atoms with Crippen LogP contribution in [0, 0.1) is 28.6 Å². The number of ketones is 1. The van der Waals surface area contributed by atoms with Gasteiger partial charge in [-0.25, -0.2) is 0 Å². The van der Waals surface area contributed by atoms with Crippen molar-refractivity contribution in [3.05, 3.63) is 11.6 Å². The van der Waals surface area contributed by atoms with Crippen LogP contribution in [0.1, 0.15) is 85.0 Å². The Morgan fingerprint density at radius 3 is 2.68 bits per heavy atom. The van der Waals surface area contributed by atoms with Crippen molar-refractivity contribution in [1.82, 2.24) is 0 Å². The number of allylic oxidation sites excluding steroid dienone is 1. The van der Waals surface area contributed by atoms with E-state index in [0.29, 0.717) is 23.7 Å². The van der Waals surface area contributed by atoms with E-state index in [1.165, 1.54) is 51.0 Å². The van der Waals surface area contributed by atoms with Crippen molar-refractivity contribution in [2.24, 2.45) is 28.6 Å². The Hall–Kier alpha value is -0.413. The molecular formula is C25H42O2Si. The molecule has 4 aliphatic carbocycles. The van der Waals surface area contributed by atoms with Gasteiger partial charge in [0.05, 0.1) is 6.10 Å². The number of Topliss-reactive ketones (excluding diaryl/α,β-unsaturated/α-hetero) is 1. The molecule has 158 valence electrons. The van der Waals surface area contributed by atoms with Gasteiger partial charge in [-0.2, -0.15) is 0 Å². The van der Waals surface area contributed by atoms with E-state index in [2.05, 4.69) is 39.9 Å². The molecule has 0 saturated heterocycles. The third-order valence-electron chi connectivity index (χ3n) is 9.42. The van der Waals surface area contributed by atoms with Crippen LogP contribution >= 0.6 is 0 Å². The third-order valence-corrected chi connectivity index (χ3v) is 11.9. The van der Waals surface area contributed by atoms with Gasteiger partial charge in [0.25, 0.3) is 0 Å². The highest BCUT2D eigenvalue weighted by Crippen LogP contribution is 2.64. The first kappa shape index (κ1) is 20.8. The summed E-state index contributed by atoms with van der Waals surface area (Å²) >= 11 is 0. The molecular weight excluding hydrogens is 360 g/mol. The Labute approximate surface area is 174 Å². The van der Waals surface area contributed by atoms with Gasteiger partial charge in [0.15, 0.2) is 8.32 Å². The van der Waals surface area contributed by atoms with Crippen LogP contribution in [-0.4, -0.2) is 20.2 Å². The molecule has 0 aliphatic heterocycles. The fraction of sp³-hybridized carbons (Fsp3) is 0.880. The number of rotatable bonds is 5. The monoisotopic (exact) mass is 402 g/mol. The maximum atomic E-state index is 12.7. The second-order valence-electron chi connectivity index (χ2n) is 11.4. The molecule has 4 aliphatic rings. The van der Waals surface area contributed by atoms with Crippen LogP contribution in [0.5, 0.6) is 0 Å². The number of carbonyl (C=O) groups is 1. The average molecular weight is 403 g/mol. The molecule has 3 fully saturated rings. The van der Waals surface area contributed by atoms with Crippen LogP contribution in [0.2, 0.25) is 19.1 Å². The minimum atomic E-state index is -1.63. The van der Waals surface area contributed by atoms with E-state index in [-0.39, 0.29) is 10.8 Å². The predicted molar refractivity (Wildman–Crippen MR) is 119 cm³/mol. The number of fused-ring (bicyclic) bond motifs is 5. The summed E-state index contributed by atoms with van der Waals surface area (Å²) in [4.78, 5) is 12.7. The van der Waals surface area contributed by atoms with Crippen molar-refractivity contribution in [3.63, 3.8) is 0 Å². The first-order valence-corrected chi connectivity index (χ1v) is 15.2. The molecule has 2 nitrogen and oxygen atoms in total. The maximum Gasteiger partial charge on any atom is 0.187 e. The van der Waals surface area contributed by atoms with E-state index in [1.54, 1.807) is 5.57 Å². The van der Waals surface area contributed by atoms with E-state index in [9.17, 15) is 4.79 Å². The minimum Gasteiger partial charge on any atom is -0.414 e. The first-order valence-electron chi connectivity index (χ1n) is 12.1. The lowest BCUT2D eigenvalue weighted by molar-refractivity contribution is -0.133. The normalized spacial score (nSPS) is 43.2. The summed E-state index contributed by atoms with van der Waals surface area (Å²) in [5, 5.41) is 0. The lowest BCUT2D eigenvalue weighted by atomic mass is 9.47. The smallest absolute Gasteiger partial charge is 0.187 e. The van der Waals surface area contributed by atoms with Crippen molar-refractivity contribution in [1.29, 1.82) is 0 Å². The fourth-order valence-corrected chi connectivity index (χ4v) is 10.1. The van der Waals surface area contributed by atoms with E-state index in [4.69, 9.17) is 4.43 Å². The quantitative estimate of drug-likeness (QED) is 0.369. The summed E-state index contributed by atoms with van der Waals surface area (Å²) in [6, 6.07) is 1.29. The van der Waals surface area contributed by atoms with Gasteiger partial charge in [0.2, 0.25) is 0 Å². The molecule has 4 rings (SSSR count). The van der Waals surface area contributed by atoms with Crippen LogP contribution < -0.4 is 0 Å². The zero-order chi connectivity index (χ0) is 20.2. The third kappa shape index (κ3) is 3.19. The molecule has 0 N–H and O–H groups in total. The van der Waals surface area contributed by atoms with Crippen LogP contribution in [0.15, 0.2) is 11.6 Å². The van der Waals surface area contributed by atoms with Crippen LogP contribution in [0.25, 0.3) is 0 Å². The summed E-state index contributed by atoms with van der Waals surface area (Å²) in [6.45, 7) is 12.0.